The molecule has 0 fully saturated rings. The van der Waals surface area contributed by atoms with Gasteiger partial charge >= 0.3 is 0 Å². The van der Waals surface area contributed by atoms with Crippen LogP contribution in [-0.4, -0.2) is 68.5 Å². The standard InChI is InChI=1S/C40H83N2O6P/c1-6-7-8-9-10-11-12-13-14-15-16-17-18-19-20-21-22-23-24-25-26-27-28-29-30-31-32-33-34-40(44)39(41-38(2)43)37-48-49(45,46)47-36-35-42(3,4)5/h39-40,44H,6-37H2,1-5H3,(H-,41,43,45,46). The van der Waals surface area contributed by atoms with E-state index in [0.717, 1.165) is 19.3 Å². The van der Waals surface area contributed by atoms with E-state index in [0.29, 0.717) is 17.4 Å². The zero-order valence-electron chi connectivity index (χ0n) is 33.2. The van der Waals surface area contributed by atoms with Gasteiger partial charge < -0.3 is 28.8 Å². The first-order chi connectivity index (χ1) is 23.5. The topological polar surface area (TPSA) is 108 Å². The molecule has 0 aliphatic carbocycles. The van der Waals surface area contributed by atoms with Crippen LogP contribution in [0.5, 0.6) is 0 Å². The number of nitrogens with zero attached hydrogens (tertiary/aromatic N) is 1. The van der Waals surface area contributed by atoms with Gasteiger partial charge in [-0.2, -0.15) is 0 Å². The van der Waals surface area contributed by atoms with Crippen LogP contribution in [0.15, 0.2) is 0 Å². The Hall–Kier alpha value is -0.500. The lowest BCUT2D eigenvalue weighted by molar-refractivity contribution is -0.870. The van der Waals surface area contributed by atoms with E-state index < -0.39 is 20.0 Å². The van der Waals surface area contributed by atoms with Gasteiger partial charge in [-0.1, -0.05) is 187 Å². The Morgan fingerprint density at radius 3 is 1.27 bits per heavy atom. The third-order valence-corrected chi connectivity index (χ3v) is 10.6. The molecule has 0 aliphatic heterocycles. The Kier molecular flexibility index (Phi) is 33.0. The number of hydrogen-bond acceptors (Lipinski definition) is 6. The van der Waals surface area contributed by atoms with Gasteiger partial charge in [-0.15, -0.1) is 0 Å². The Bertz CT molecular complexity index is 778. The van der Waals surface area contributed by atoms with E-state index in [1.807, 2.05) is 21.1 Å². The number of amides is 1. The second-order valence-corrected chi connectivity index (χ2v) is 17.2. The van der Waals surface area contributed by atoms with Crippen LogP contribution in [-0.2, 0) is 18.4 Å². The number of aliphatic hydroxyl groups is 1. The second kappa shape index (κ2) is 33.3. The summed E-state index contributed by atoms with van der Waals surface area (Å²) < 4.78 is 22.6. The zero-order valence-corrected chi connectivity index (χ0v) is 34.1. The van der Waals surface area contributed by atoms with Crippen molar-refractivity contribution < 1.29 is 32.9 Å². The number of carbonyl (C=O) groups excluding carboxylic acids is 1. The average Bonchev–Trinajstić information content (AvgIpc) is 3.03. The molecule has 0 rings (SSSR count). The molecule has 49 heavy (non-hydrogen) atoms. The molecule has 0 saturated carbocycles. The van der Waals surface area contributed by atoms with Crippen molar-refractivity contribution >= 4 is 13.7 Å². The zero-order chi connectivity index (χ0) is 36.5. The molecule has 0 aromatic heterocycles. The number of quaternary nitrogens is 1. The van der Waals surface area contributed by atoms with E-state index in [-0.39, 0.29) is 19.1 Å². The maximum Gasteiger partial charge on any atom is 0.268 e. The number of aliphatic hydroxyl groups excluding tert-OH is 1. The van der Waals surface area contributed by atoms with E-state index in [4.69, 9.17) is 9.05 Å². The molecule has 0 aromatic carbocycles. The molecule has 294 valence electrons. The maximum absolute atomic E-state index is 12.1. The van der Waals surface area contributed by atoms with E-state index in [1.165, 1.54) is 167 Å². The van der Waals surface area contributed by atoms with E-state index in [2.05, 4.69) is 12.2 Å². The van der Waals surface area contributed by atoms with E-state index >= 15 is 0 Å². The number of nitrogens with one attached hydrogen (secondary N) is 1. The average molecular weight is 719 g/mol. The van der Waals surface area contributed by atoms with Crippen molar-refractivity contribution in [1.29, 1.82) is 0 Å². The molecule has 0 spiro atoms. The minimum absolute atomic E-state index is 0.0112. The number of likely N-dealkylation sites (N-methyl/N-ethyl adjacent to an activating group) is 1. The first-order valence-electron chi connectivity index (χ1n) is 20.8. The molecule has 3 atom stereocenters. The lowest BCUT2D eigenvalue weighted by Crippen LogP contribution is -2.45. The fourth-order valence-electron chi connectivity index (χ4n) is 6.37. The summed E-state index contributed by atoms with van der Waals surface area (Å²) >= 11 is 0. The van der Waals surface area contributed by atoms with Crippen molar-refractivity contribution in [2.24, 2.45) is 0 Å². The predicted molar refractivity (Wildman–Crippen MR) is 206 cm³/mol. The first-order valence-corrected chi connectivity index (χ1v) is 22.3. The van der Waals surface area contributed by atoms with Crippen molar-refractivity contribution in [2.45, 2.75) is 212 Å². The van der Waals surface area contributed by atoms with Gasteiger partial charge in [0.2, 0.25) is 5.91 Å². The van der Waals surface area contributed by atoms with Gasteiger partial charge in [0.15, 0.2) is 0 Å². The lowest BCUT2D eigenvalue weighted by atomic mass is 10.0. The van der Waals surface area contributed by atoms with E-state index in [9.17, 15) is 19.4 Å². The molecule has 0 aliphatic rings. The fraction of sp³-hybridized carbons (Fsp3) is 0.975. The number of rotatable bonds is 38. The molecule has 0 bridgehead atoms. The number of hydrogen-bond donors (Lipinski definition) is 2. The largest absolute Gasteiger partial charge is 0.756 e. The van der Waals surface area contributed by atoms with Crippen molar-refractivity contribution in [1.82, 2.24) is 5.32 Å². The number of unbranched alkanes of at least 4 members (excludes halogenated alkanes) is 27. The second-order valence-electron chi connectivity index (χ2n) is 15.8. The summed E-state index contributed by atoms with van der Waals surface area (Å²) in [5.41, 5.74) is 0. The predicted octanol–water partition coefficient (Wildman–Crippen LogP) is 10.4. The molecule has 0 aromatic rings. The fourth-order valence-corrected chi connectivity index (χ4v) is 7.09. The van der Waals surface area contributed by atoms with Crippen LogP contribution in [0.4, 0.5) is 0 Å². The molecule has 0 saturated heterocycles. The van der Waals surface area contributed by atoms with Crippen LogP contribution in [0.3, 0.4) is 0 Å². The summed E-state index contributed by atoms with van der Waals surface area (Å²) in [6.07, 6.45) is 37.6. The SMILES string of the molecule is CCCCCCCCCCCCCCCCCCCCCCCCCCCCCCC(O)C(COP(=O)([O-])OCC[N+](C)(C)C)NC(C)=O. The molecular formula is C40H83N2O6P. The summed E-state index contributed by atoms with van der Waals surface area (Å²) in [5.74, 6) is -0.338. The van der Waals surface area contributed by atoms with Crippen molar-refractivity contribution in [2.75, 3.05) is 40.9 Å². The van der Waals surface area contributed by atoms with Crippen molar-refractivity contribution in [3.8, 4) is 0 Å². The van der Waals surface area contributed by atoms with Gasteiger partial charge in [-0.3, -0.25) is 9.36 Å². The molecular weight excluding hydrogens is 635 g/mol. The van der Waals surface area contributed by atoms with Gasteiger partial charge in [0.25, 0.3) is 7.82 Å². The smallest absolute Gasteiger partial charge is 0.268 e. The third kappa shape index (κ3) is 37.1. The maximum atomic E-state index is 12.1. The molecule has 9 heteroatoms. The van der Waals surface area contributed by atoms with Gasteiger partial charge in [0.1, 0.15) is 13.2 Å². The molecule has 8 nitrogen and oxygen atoms in total. The molecule has 1 amide bonds. The molecule has 2 N–H and O–H groups in total. The minimum Gasteiger partial charge on any atom is -0.756 e. The van der Waals surface area contributed by atoms with Crippen LogP contribution >= 0.6 is 7.82 Å². The monoisotopic (exact) mass is 719 g/mol. The highest BCUT2D eigenvalue weighted by molar-refractivity contribution is 7.45. The highest BCUT2D eigenvalue weighted by Gasteiger charge is 2.23. The van der Waals surface area contributed by atoms with Crippen LogP contribution in [0.2, 0.25) is 0 Å². The third-order valence-electron chi connectivity index (χ3n) is 9.63. The van der Waals surface area contributed by atoms with Crippen LogP contribution in [0, 0.1) is 0 Å². The van der Waals surface area contributed by atoms with Gasteiger partial charge in [-0.05, 0) is 6.42 Å². The molecule has 0 radical (unpaired) electrons. The summed E-state index contributed by atoms with van der Waals surface area (Å²) in [6, 6.07) is -0.796. The van der Waals surface area contributed by atoms with Gasteiger partial charge in [-0.25, -0.2) is 0 Å². The summed E-state index contributed by atoms with van der Waals surface area (Å²) in [7, 11) is 1.30. The first kappa shape index (κ1) is 48.5. The van der Waals surface area contributed by atoms with Crippen LogP contribution in [0.25, 0.3) is 0 Å². The summed E-state index contributed by atoms with van der Waals surface area (Å²) in [5, 5.41) is 13.2. The summed E-state index contributed by atoms with van der Waals surface area (Å²) in [6.45, 7) is 3.81. The summed E-state index contributed by atoms with van der Waals surface area (Å²) in [4.78, 5) is 23.7. The van der Waals surface area contributed by atoms with Gasteiger partial charge in [0, 0.05) is 6.92 Å². The Morgan fingerprint density at radius 2 is 0.959 bits per heavy atom. The minimum atomic E-state index is -4.51. The quantitative estimate of drug-likeness (QED) is 0.0374. The number of carbonyl (C=O) groups is 1. The number of phosphoric ester groups is 1. The Balaban J connectivity index is 3.56. The highest BCUT2D eigenvalue weighted by atomic mass is 31.2. The van der Waals surface area contributed by atoms with Crippen molar-refractivity contribution in [3.63, 3.8) is 0 Å². The Morgan fingerprint density at radius 1 is 0.633 bits per heavy atom. The van der Waals surface area contributed by atoms with Gasteiger partial charge in [0.05, 0.1) is 39.9 Å². The molecule has 0 heterocycles. The van der Waals surface area contributed by atoms with Crippen LogP contribution < -0.4 is 10.2 Å². The highest BCUT2D eigenvalue weighted by Crippen LogP contribution is 2.38. The van der Waals surface area contributed by atoms with Crippen LogP contribution in [0.1, 0.15) is 200 Å². The lowest BCUT2D eigenvalue weighted by Gasteiger charge is -2.29. The van der Waals surface area contributed by atoms with Crippen molar-refractivity contribution in [3.05, 3.63) is 0 Å². The number of phosphoric acid groups is 1. The normalized spacial score (nSPS) is 14.5. The Labute approximate surface area is 304 Å². The molecule has 3 unspecified atom stereocenters. The van der Waals surface area contributed by atoms with E-state index in [1.54, 1.807) is 0 Å².